The molecule has 0 aliphatic rings. The number of carbonyl (C=O) groups excluding carboxylic acids is 2. The molecule has 1 atom stereocenters. The second-order valence-electron chi connectivity index (χ2n) is 8.35. The lowest BCUT2D eigenvalue weighted by atomic mass is 10.0. The summed E-state index contributed by atoms with van der Waals surface area (Å²) < 4.78 is 20.2. The molecule has 3 aromatic rings. The van der Waals surface area contributed by atoms with Gasteiger partial charge in [-0.15, -0.1) is 0 Å². The van der Waals surface area contributed by atoms with Crippen LogP contribution in [0.5, 0.6) is 5.75 Å². The Morgan fingerprint density at radius 1 is 1.00 bits per heavy atom. The van der Waals surface area contributed by atoms with Crippen LogP contribution in [0.2, 0.25) is 10.0 Å². The molecule has 1 N–H and O–H groups in total. The molecule has 0 spiro atoms. The number of ether oxygens (including phenoxy) is 1. The van der Waals surface area contributed by atoms with Crippen molar-refractivity contribution in [3.8, 4) is 5.75 Å². The van der Waals surface area contributed by atoms with Crippen LogP contribution in [-0.4, -0.2) is 35.4 Å². The third-order valence-electron chi connectivity index (χ3n) is 5.25. The maximum absolute atomic E-state index is 14.6. The molecule has 0 aliphatic carbocycles. The number of halogens is 3. The minimum absolute atomic E-state index is 0.105. The van der Waals surface area contributed by atoms with E-state index >= 15 is 0 Å². The molecule has 3 aromatic carbocycles. The summed E-state index contributed by atoms with van der Waals surface area (Å²) in [6.07, 6.45) is 0.251. The summed E-state index contributed by atoms with van der Waals surface area (Å²) in [5.74, 6) is -1.01. The van der Waals surface area contributed by atoms with Crippen molar-refractivity contribution in [3.63, 3.8) is 0 Å². The summed E-state index contributed by atoms with van der Waals surface area (Å²) in [6, 6.07) is 19.2. The van der Waals surface area contributed by atoms with Gasteiger partial charge in [-0.25, -0.2) is 4.39 Å². The molecular formula is C27H27Cl2FN2O3. The molecule has 0 saturated heterocycles. The second kappa shape index (κ2) is 12.6. The molecule has 2 amide bonds. The summed E-state index contributed by atoms with van der Waals surface area (Å²) in [7, 11) is 0. The van der Waals surface area contributed by atoms with Crippen LogP contribution in [-0.2, 0) is 22.6 Å². The zero-order chi connectivity index (χ0) is 25.4. The number of carbonyl (C=O) groups is 2. The molecule has 184 valence electrons. The Morgan fingerprint density at radius 3 is 2.34 bits per heavy atom. The molecule has 0 bridgehead atoms. The lowest BCUT2D eigenvalue weighted by molar-refractivity contribution is -0.143. The fourth-order valence-electron chi connectivity index (χ4n) is 3.56. The highest BCUT2D eigenvalue weighted by molar-refractivity contribution is 6.35. The van der Waals surface area contributed by atoms with Crippen LogP contribution in [0.1, 0.15) is 25.0 Å². The Hall–Kier alpha value is -3.09. The maximum Gasteiger partial charge on any atom is 0.261 e. The third-order valence-corrected chi connectivity index (χ3v) is 5.78. The van der Waals surface area contributed by atoms with Gasteiger partial charge in [0.2, 0.25) is 5.91 Å². The number of benzene rings is 3. The first-order valence-corrected chi connectivity index (χ1v) is 11.9. The quantitative estimate of drug-likeness (QED) is 0.377. The Kier molecular flexibility index (Phi) is 9.52. The molecule has 35 heavy (non-hydrogen) atoms. The zero-order valence-corrected chi connectivity index (χ0v) is 21.0. The lowest BCUT2D eigenvalue weighted by Gasteiger charge is -2.32. The fraction of sp³-hybridized carbons (Fsp3) is 0.259. The topological polar surface area (TPSA) is 58.6 Å². The van der Waals surface area contributed by atoms with Crippen LogP contribution in [0.4, 0.5) is 4.39 Å². The summed E-state index contributed by atoms with van der Waals surface area (Å²) in [5.41, 5.74) is 1.16. The summed E-state index contributed by atoms with van der Waals surface area (Å²) >= 11 is 12.1. The monoisotopic (exact) mass is 516 g/mol. The van der Waals surface area contributed by atoms with Gasteiger partial charge in [0.1, 0.15) is 17.6 Å². The van der Waals surface area contributed by atoms with Crippen LogP contribution >= 0.6 is 23.2 Å². The number of amides is 2. The van der Waals surface area contributed by atoms with Crippen molar-refractivity contribution in [2.45, 2.75) is 38.9 Å². The molecule has 0 fully saturated rings. The van der Waals surface area contributed by atoms with E-state index in [-0.39, 0.29) is 35.7 Å². The summed E-state index contributed by atoms with van der Waals surface area (Å²) in [6.45, 7) is 3.18. The van der Waals surface area contributed by atoms with Gasteiger partial charge in [-0.05, 0) is 43.7 Å². The fourth-order valence-corrected chi connectivity index (χ4v) is 4.02. The summed E-state index contributed by atoms with van der Waals surface area (Å²) in [5, 5.41) is 3.57. The average molecular weight is 517 g/mol. The zero-order valence-electron chi connectivity index (χ0n) is 19.5. The van der Waals surface area contributed by atoms with Crippen molar-refractivity contribution < 1.29 is 18.7 Å². The van der Waals surface area contributed by atoms with Crippen molar-refractivity contribution >= 4 is 35.0 Å². The van der Waals surface area contributed by atoms with Crippen molar-refractivity contribution in [1.29, 1.82) is 0 Å². The first-order chi connectivity index (χ1) is 16.7. The number of hydrogen-bond acceptors (Lipinski definition) is 3. The highest BCUT2D eigenvalue weighted by Crippen LogP contribution is 2.27. The van der Waals surface area contributed by atoms with E-state index in [0.717, 1.165) is 5.56 Å². The van der Waals surface area contributed by atoms with Gasteiger partial charge < -0.3 is 15.0 Å². The van der Waals surface area contributed by atoms with Crippen molar-refractivity contribution in [2.24, 2.45) is 0 Å². The summed E-state index contributed by atoms with van der Waals surface area (Å²) in [4.78, 5) is 28.1. The van der Waals surface area contributed by atoms with Crippen LogP contribution < -0.4 is 10.1 Å². The largest absolute Gasteiger partial charge is 0.482 e. The standard InChI is InChI=1S/C27H27Cl2FN2O3/c1-18(2)31-27(34)24(14-19-8-4-3-5-9-19)32(16-20-10-6-7-11-23(20)30)26(33)17-35-25-13-12-21(28)15-22(25)29/h3-13,15,18,24H,14,16-17H2,1-2H3,(H,31,34). The van der Waals surface area contributed by atoms with Crippen LogP contribution in [0.25, 0.3) is 0 Å². The second-order valence-corrected chi connectivity index (χ2v) is 9.19. The Morgan fingerprint density at radius 2 is 1.69 bits per heavy atom. The van der Waals surface area contributed by atoms with Gasteiger partial charge in [-0.2, -0.15) is 0 Å². The molecule has 1 unspecified atom stereocenters. The van der Waals surface area contributed by atoms with E-state index in [1.54, 1.807) is 30.3 Å². The lowest BCUT2D eigenvalue weighted by Crippen LogP contribution is -2.53. The highest BCUT2D eigenvalue weighted by Gasteiger charge is 2.31. The van der Waals surface area contributed by atoms with E-state index < -0.39 is 24.4 Å². The predicted octanol–water partition coefficient (Wildman–Crippen LogP) is 5.68. The van der Waals surface area contributed by atoms with Crippen LogP contribution in [0, 0.1) is 5.82 Å². The van der Waals surface area contributed by atoms with Gasteiger partial charge in [-0.3, -0.25) is 9.59 Å². The highest BCUT2D eigenvalue weighted by atomic mass is 35.5. The minimum Gasteiger partial charge on any atom is -0.482 e. The molecule has 3 rings (SSSR count). The van der Waals surface area contributed by atoms with E-state index in [9.17, 15) is 14.0 Å². The van der Waals surface area contributed by atoms with Gasteiger partial charge >= 0.3 is 0 Å². The molecule has 5 nitrogen and oxygen atoms in total. The SMILES string of the molecule is CC(C)NC(=O)C(Cc1ccccc1)N(Cc1ccccc1F)C(=O)COc1ccc(Cl)cc1Cl. The smallest absolute Gasteiger partial charge is 0.261 e. The third kappa shape index (κ3) is 7.70. The Labute approximate surface area is 214 Å². The maximum atomic E-state index is 14.6. The normalized spacial score (nSPS) is 11.7. The van der Waals surface area contributed by atoms with Crippen molar-refractivity contribution in [1.82, 2.24) is 10.2 Å². The average Bonchev–Trinajstić information content (AvgIpc) is 2.82. The first-order valence-electron chi connectivity index (χ1n) is 11.2. The molecule has 0 radical (unpaired) electrons. The van der Waals surface area contributed by atoms with E-state index in [4.69, 9.17) is 27.9 Å². The molecular weight excluding hydrogens is 490 g/mol. The van der Waals surface area contributed by atoms with E-state index in [0.29, 0.717) is 10.6 Å². The van der Waals surface area contributed by atoms with Crippen LogP contribution in [0.3, 0.4) is 0 Å². The Bertz CT molecular complexity index is 1160. The molecule has 8 heteroatoms. The molecule has 0 saturated carbocycles. The number of hydrogen-bond donors (Lipinski definition) is 1. The first kappa shape index (κ1) is 26.5. The Balaban J connectivity index is 1.93. The van der Waals surface area contributed by atoms with Crippen LogP contribution in [0.15, 0.2) is 72.8 Å². The van der Waals surface area contributed by atoms with Crippen molar-refractivity contribution in [2.75, 3.05) is 6.61 Å². The van der Waals surface area contributed by atoms with Gasteiger partial charge in [0.15, 0.2) is 6.61 Å². The van der Waals surface area contributed by atoms with E-state index in [2.05, 4.69) is 5.32 Å². The van der Waals surface area contributed by atoms with E-state index in [1.807, 2.05) is 44.2 Å². The van der Waals surface area contributed by atoms with Gasteiger partial charge in [-0.1, -0.05) is 71.7 Å². The molecule has 0 aliphatic heterocycles. The van der Waals surface area contributed by atoms with Crippen molar-refractivity contribution in [3.05, 3.63) is 99.8 Å². The van der Waals surface area contributed by atoms with E-state index in [1.165, 1.54) is 17.0 Å². The number of nitrogens with one attached hydrogen (secondary N) is 1. The van der Waals surface area contributed by atoms with Gasteiger partial charge in [0.05, 0.1) is 5.02 Å². The predicted molar refractivity (Wildman–Crippen MR) is 136 cm³/mol. The van der Waals surface area contributed by atoms with Gasteiger partial charge in [0, 0.05) is 29.6 Å². The number of rotatable bonds is 10. The minimum atomic E-state index is -0.892. The number of nitrogens with zero attached hydrogens (tertiary/aromatic N) is 1. The van der Waals surface area contributed by atoms with Gasteiger partial charge in [0.25, 0.3) is 5.91 Å². The molecule has 0 aromatic heterocycles. The molecule has 0 heterocycles.